The number of aromatic nitrogens is 1. The third-order valence-electron chi connectivity index (χ3n) is 5.67. The minimum absolute atomic E-state index is 0.0934. The number of amides is 2. The maximum atomic E-state index is 13.7. The SMILES string of the molecule is CC(=O)N(C)C[C@H]1Oc2ncc(-c3cccc(F)c3)cc2C(=O)N([C@@H](C)CO)C[C@@H]1C. The Balaban J connectivity index is 2.06. The van der Waals surface area contributed by atoms with Crippen molar-refractivity contribution in [3.63, 3.8) is 0 Å². The number of likely N-dealkylation sites (N-methyl/N-ethyl adjacent to an activating group) is 1. The summed E-state index contributed by atoms with van der Waals surface area (Å²) in [7, 11) is 1.69. The minimum Gasteiger partial charge on any atom is -0.472 e. The molecule has 0 spiro atoms. The zero-order chi connectivity index (χ0) is 22.7. The largest absolute Gasteiger partial charge is 0.472 e. The number of hydrogen-bond donors (Lipinski definition) is 1. The van der Waals surface area contributed by atoms with Crippen molar-refractivity contribution in [2.24, 2.45) is 5.92 Å². The Hall–Kier alpha value is -3.00. The second-order valence-corrected chi connectivity index (χ2v) is 8.11. The van der Waals surface area contributed by atoms with Gasteiger partial charge in [0.25, 0.3) is 5.91 Å². The average molecular weight is 429 g/mol. The van der Waals surface area contributed by atoms with Crippen LogP contribution in [0.2, 0.25) is 0 Å². The molecule has 1 aliphatic rings. The van der Waals surface area contributed by atoms with Crippen molar-refractivity contribution in [1.29, 1.82) is 0 Å². The fraction of sp³-hybridized carbons (Fsp3) is 0.435. The molecule has 3 atom stereocenters. The molecule has 2 aromatic rings. The van der Waals surface area contributed by atoms with Gasteiger partial charge in [-0.05, 0) is 30.7 Å². The number of aliphatic hydroxyl groups is 1. The van der Waals surface area contributed by atoms with Gasteiger partial charge in [-0.3, -0.25) is 9.59 Å². The Bertz CT molecular complexity index is 968. The lowest BCUT2D eigenvalue weighted by Crippen LogP contribution is -2.50. The lowest BCUT2D eigenvalue weighted by molar-refractivity contribution is -0.129. The summed E-state index contributed by atoms with van der Waals surface area (Å²) in [6.45, 7) is 5.68. The molecule has 1 aliphatic heterocycles. The molecule has 1 aromatic carbocycles. The highest BCUT2D eigenvalue weighted by molar-refractivity contribution is 5.98. The van der Waals surface area contributed by atoms with Gasteiger partial charge in [-0.15, -0.1) is 0 Å². The van der Waals surface area contributed by atoms with E-state index in [0.29, 0.717) is 24.2 Å². The van der Waals surface area contributed by atoms with Crippen LogP contribution in [0.15, 0.2) is 36.5 Å². The summed E-state index contributed by atoms with van der Waals surface area (Å²) in [6, 6.07) is 7.28. The number of aliphatic hydroxyl groups excluding tert-OH is 1. The molecule has 0 fully saturated rings. The number of ether oxygens (including phenoxy) is 1. The first-order valence-corrected chi connectivity index (χ1v) is 10.3. The molecule has 1 aromatic heterocycles. The van der Waals surface area contributed by atoms with Crippen molar-refractivity contribution in [3.8, 4) is 17.0 Å². The number of carbonyl (C=O) groups is 2. The molecular formula is C23H28FN3O4. The number of rotatable bonds is 5. The van der Waals surface area contributed by atoms with Crippen LogP contribution in [0.1, 0.15) is 31.1 Å². The molecular weight excluding hydrogens is 401 g/mol. The number of benzene rings is 1. The third-order valence-corrected chi connectivity index (χ3v) is 5.67. The molecule has 1 N–H and O–H groups in total. The van der Waals surface area contributed by atoms with Gasteiger partial charge in [-0.2, -0.15) is 0 Å². The molecule has 0 unspecified atom stereocenters. The number of hydrogen-bond acceptors (Lipinski definition) is 5. The van der Waals surface area contributed by atoms with Gasteiger partial charge in [-0.25, -0.2) is 9.37 Å². The van der Waals surface area contributed by atoms with Crippen LogP contribution in [0, 0.1) is 11.7 Å². The van der Waals surface area contributed by atoms with E-state index in [0.717, 1.165) is 0 Å². The van der Waals surface area contributed by atoms with Crippen molar-refractivity contribution >= 4 is 11.8 Å². The fourth-order valence-corrected chi connectivity index (χ4v) is 3.54. The summed E-state index contributed by atoms with van der Waals surface area (Å²) in [5.74, 6) is -0.744. The Morgan fingerprint density at radius 3 is 2.77 bits per heavy atom. The molecule has 2 amide bonds. The molecule has 166 valence electrons. The van der Waals surface area contributed by atoms with Gasteiger partial charge < -0.3 is 19.6 Å². The van der Waals surface area contributed by atoms with Gasteiger partial charge in [-0.1, -0.05) is 19.1 Å². The molecule has 3 rings (SSSR count). The van der Waals surface area contributed by atoms with Crippen molar-refractivity contribution in [2.45, 2.75) is 32.9 Å². The second-order valence-electron chi connectivity index (χ2n) is 8.11. The van der Waals surface area contributed by atoms with Crippen LogP contribution < -0.4 is 4.74 Å². The molecule has 0 saturated carbocycles. The van der Waals surface area contributed by atoms with Crippen LogP contribution >= 0.6 is 0 Å². The topological polar surface area (TPSA) is 83.0 Å². The molecule has 8 heteroatoms. The van der Waals surface area contributed by atoms with Gasteiger partial charge >= 0.3 is 0 Å². The minimum atomic E-state index is -0.412. The highest BCUT2D eigenvalue weighted by atomic mass is 19.1. The van der Waals surface area contributed by atoms with E-state index < -0.39 is 12.1 Å². The van der Waals surface area contributed by atoms with Crippen LogP contribution in [0.4, 0.5) is 4.39 Å². The van der Waals surface area contributed by atoms with Crippen molar-refractivity contribution in [3.05, 3.63) is 47.9 Å². The van der Waals surface area contributed by atoms with Gasteiger partial charge in [0, 0.05) is 38.2 Å². The molecule has 2 heterocycles. The first-order valence-electron chi connectivity index (χ1n) is 10.3. The number of fused-ring (bicyclic) bond motifs is 1. The molecule has 0 radical (unpaired) electrons. The summed E-state index contributed by atoms with van der Waals surface area (Å²) >= 11 is 0. The number of pyridine rings is 1. The van der Waals surface area contributed by atoms with E-state index >= 15 is 0 Å². The second kappa shape index (κ2) is 9.43. The summed E-state index contributed by atoms with van der Waals surface area (Å²) in [5, 5.41) is 9.71. The highest BCUT2D eigenvalue weighted by Crippen LogP contribution is 2.30. The maximum absolute atomic E-state index is 13.7. The third kappa shape index (κ3) is 5.02. The van der Waals surface area contributed by atoms with E-state index in [4.69, 9.17) is 4.74 Å². The highest BCUT2D eigenvalue weighted by Gasteiger charge is 2.34. The number of halogens is 1. The summed E-state index contributed by atoms with van der Waals surface area (Å²) in [6.07, 6.45) is 1.14. The lowest BCUT2D eigenvalue weighted by Gasteiger charge is -2.37. The van der Waals surface area contributed by atoms with Crippen molar-refractivity contribution in [1.82, 2.24) is 14.8 Å². The Morgan fingerprint density at radius 2 is 2.13 bits per heavy atom. The molecule has 0 bridgehead atoms. The lowest BCUT2D eigenvalue weighted by atomic mass is 9.99. The van der Waals surface area contributed by atoms with E-state index in [2.05, 4.69) is 4.98 Å². The maximum Gasteiger partial charge on any atom is 0.259 e. The molecule has 0 aliphatic carbocycles. The average Bonchev–Trinajstić information content (AvgIpc) is 2.75. The van der Waals surface area contributed by atoms with Crippen LogP contribution in [-0.4, -0.2) is 70.6 Å². The van der Waals surface area contributed by atoms with E-state index in [1.54, 1.807) is 48.2 Å². The first-order chi connectivity index (χ1) is 14.7. The van der Waals surface area contributed by atoms with Crippen molar-refractivity contribution in [2.75, 3.05) is 26.7 Å². The van der Waals surface area contributed by atoms with Crippen LogP contribution in [-0.2, 0) is 4.79 Å². The smallest absolute Gasteiger partial charge is 0.259 e. The van der Waals surface area contributed by atoms with Gasteiger partial charge in [0.05, 0.1) is 19.2 Å². The summed E-state index contributed by atoms with van der Waals surface area (Å²) < 4.78 is 19.8. The number of carbonyl (C=O) groups excluding carboxylic acids is 2. The van der Waals surface area contributed by atoms with Gasteiger partial charge in [0.15, 0.2) is 0 Å². The predicted octanol–water partition coefficient (Wildman–Crippen LogP) is 2.59. The monoisotopic (exact) mass is 429 g/mol. The van der Waals surface area contributed by atoms with E-state index in [9.17, 15) is 19.1 Å². The summed E-state index contributed by atoms with van der Waals surface area (Å²) in [5.41, 5.74) is 1.41. The predicted molar refractivity (Wildman–Crippen MR) is 114 cm³/mol. The Labute approximate surface area is 181 Å². The molecule has 0 saturated heterocycles. The Morgan fingerprint density at radius 1 is 1.39 bits per heavy atom. The van der Waals surface area contributed by atoms with Gasteiger partial charge in [0.1, 0.15) is 17.5 Å². The zero-order valence-corrected chi connectivity index (χ0v) is 18.2. The summed E-state index contributed by atoms with van der Waals surface area (Å²) in [4.78, 5) is 32.7. The number of nitrogens with zero attached hydrogens (tertiary/aromatic N) is 3. The van der Waals surface area contributed by atoms with E-state index in [-0.39, 0.29) is 41.6 Å². The quantitative estimate of drug-likeness (QED) is 0.790. The normalized spacial score (nSPS) is 19.7. The molecule has 7 nitrogen and oxygen atoms in total. The zero-order valence-electron chi connectivity index (χ0n) is 18.2. The van der Waals surface area contributed by atoms with Crippen LogP contribution in [0.25, 0.3) is 11.1 Å². The van der Waals surface area contributed by atoms with Crippen LogP contribution in [0.5, 0.6) is 5.88 Å². The van der Waals surface area contributed by atoms with Crippen molar-refractivity contribution < 1.29 is 23.8 Å². The van der Waals surface area contributed by atoms with E-state index in [1.807, 2.05) is 6.92 Å². The molecule has 31 heavy (non-hydrogen) atoms. The van der Waals surface area contributed by atoms with E-state index in [1.165, 1.54) is 19.1 Å². The standard InChI is InChI=1S/C23H28FN3O4/c1-14-11-27(15(2)13-28)23(30)20-9-18(17-6-5-7-19(24)8-17)10-25-22(20)31-21(14)12-26(4)16(3)29/h5-10,14-15,21,28H,11-13H2,1-4H3/t14-,15-,21+/m0/s1. The Kier molecular flexibility index (Phi) is 6.90. The van der Waals surface area contributed by atoms with Gasteiger partial charge in [0.2, 0.25) is 11.8 Å². The van der Waals surface area contributed by atoms with Crippen LogP contribution in [0.3, 0.4) is 0 Å². The first kappa shape index (κ1) is 22.7. The fourth-order valence-electron chi connectivity index (χ4n) is 3.54.